The Kier molecular flexibility index (Phi) is 2.74. The van der Waals surface area contributed by atoms with Crippen molar-refractivity contribution in [2.45, 2.75) is 0 Å². The number of hydrogen-bond acceptors (Lipinski definition) is 3. The van der Waals surface area contributed by atoms with Gasteiger partial charge in [-0.1, -0.05) is 18.7 Å². The average molecular weight is 197 g/mol. The van der Waals surface area contributed by atoms with Crippen LogP contribution in [-0.4, -0.2) is 9.97 Å². The van der Waals surface area contributed by atoms with E-state index < -0.39 is 0 Å². The fourth-order valence-electron chi connectivity index (χ4n) is 1.20. The highest BCUT2D eigenvalue weighted by molar-refractivity contribution is 5.71. The lowest BCUT2D eigenvalue weighted by atomic mass is 10.3. The van der Waals surface area contributed by atoms with E-state index in [9.17, 15) is 0 Å². The zero-order valence-corrected chi connectivity index (χ0v) is 8.22. The highest BCUT2D eigenvalue weighted by atomic mass is 15.0. The van der Waals surface area contributed by atoms with E-state index in [2.05, 4.69) is 21.9 Å². The molecule has 2 heterocycles. The van der Waals surface area contributed by atoms with Gasteiger partial charge in [-0.25, -0.2) is 4.98 Å². The Morgan fingerprint density at radius 2 is 1.73 bits per heavy atom. The largest absolute Gasteiger partial charge is 0.339 e. The molecule has 0 amide bonds. The van der Waals surface area contributed by atoms with Gasteiger partial charge in [0.25, 0.3) is 0 Å². The molecule has 2 rings (SSSR count). The third-order valence-corrected chi connectivity index (χ3v) is 1.92. The quantitative estimate of drug-likeness (QED) is 0.821. The summed E-state index contributed by atoms with van der Waals surface area (Å²) in [6.45, 7) is 3.91. The van der Waals surface area contributed by atoms with E-state index in [-0.39, 0.29) is 0 Å². The van der Waals surface area contributed by atoms with Gasteiger partial charge in [0.1, 0.15) is 5.82 Å². The summed E-state index contributed by atoms with van der Waals surface area (Å²) in [6, 6.07) is 11.4. The summed E-state index contributed by atoms with van der Waals surface area (Å²) in [5.41, 5.74) is 1.57. The lowest BCUT2D eigenvalue weighted by Gasteiger charge is -2.07. The van der Waals surface area contributed by atoms with Crippen molar-refractivity contribution in [3.05, 3.63) is 61.1 Å². The molecule has 0 bridgehead atoms. The van der Waals surface area contributed by atoms with Crippen LogP contribution in [0, 0.1) is 0 Å². The van der Waals surface area contributed by atoms with Crippen LogP contribution in [0.5, 0.6) is 0 Å². The van der Waals surface area contributed by atoms with Crippen LogP contribution < -0.4 is 5.32 Å². The van der Waals surface area contributed by atoms with E-state index in [1.165, 1.54) is 0 Å². The van der Waals surface area contributed by atoms with Gasteiger partial charge in [0.05, 0.1) is 11.4 Å². The molecule has 3 nitrogen and oxygen atoms in total. The summed E-state index contributed by atoms with van der Waals surface area (Å²) in [7, 11) is 0. The molecule has 0 fully saturated rings. The number of rotatable bonds is 3. The van der Waals surface area contributed by atoms with Gasteiger partial charge in [-0.3, -0.25) is 4.98 Å². The highest BCUT2D eigenvalue weighted by Gasteiger charge is 1.99. The monoisotopic (exact) mass is 197 g/mol. The molecular weight excluding hydrogens is 186 g/mol. The van der Waals surface area contributed by atoms with Crippen molar-refractivity contribution in [1.82, 2.24) is 9.97 Å². The van der Waals surface area contributed by atoms with Gasteiger partial charge < -0.3 is 5.32 Å². The first-order valence-corrected chi connectivity index (χ1v) is 4.64. The number of aromatic nitrogens is 2. The minimum absolute atomic E-state index is 0.745. The molecule has 0 saturated heterocycles. The van der Waals surface area contributed by atoms with Crippen molar-refractivity contribution >= 4 is 11.5 Å². The van der Waals surface area contributed by atoms with Crippen LogP contribution in [-0.2, 0) is 0 Å². The molecule has 0 aliphatic carbocycles. The molecule has 0 spiro atoms. The van der Waals surface area contributed by atoms with Crippen molar-refractivity contribution < 1.29 is 0 Å². The normalized spacial score (nSPS) is 9.60. The number of anilines is 1. The van der Waals surface area contributed by atoms with Crippen molar-refractivity contribution in [1.29, 1.82) is 0 Å². The Morgan fingerprint density at radius 3 is 2.33 bits per heavy atom. The van der Waals surface area contributed by atoms with E-state index in [1.54, 1.807) is 12.4 Å². The second-order valence-corrected chi connectivity index (χ2v) is 3.03. The first kappa shape index (κ1) is 9.40. The van der Waals surface area contributed by atoms with Crippen LogP contribution in [0.15, 0.2) is 55.4 Å². The topological polar surface area (TPSA) is 37.8 Å². The number of nitrogens with one attached hydrogen (secondary N) is 1. The van der Waals surface area contributed by atoms with Gasteiger partial charge >= 0.3 is 0 Å². The molecule has 0 aliphatic rings. The lowest BCUT2D eigenvalue weighted by molar-refractivity contribution is 1.25. The number of nitrogens with zero attached hydrogens (tertiary/aromatic N) is 2. The fourth-order valence-corrected chi connectivity index (χ4v) is 1.20. The van der Waals surface area contributed by atoms with Crippen LogP contribution in [0.25, 0.3) is 5.70 Å². The standard InChI is InChI=1S/C12H11N3/c1-10(11-6-2-4-8-13-11)15-12-7-3-5-9-14-12/h2-9H,1H2,(H,14,15). The van der Waals surface area contributed by atoms with Gasteiger partial charge in [-0.15, -0.1) is 0 Å². The van der Waals surface area contributed by atoms with Gasteiger partial charge in [-0.05, 0) is 24.3 Å². The molecule has 2 aromatic heterocycles. The predicted octanol–water partition coefficient (Wildman–Crippen LogP) is 2.56. The van der Waals surface area contributed by atoms with E-state index in [0.717, 1.165) is 17.2 Å². The first-order valence-electron chi connectivity index (χ1n) is 4.64. The van der Waals surface area contributed by atoms with Crippen molar-refractivity contribution in [2.75, 3.05) is 5.32 Å². The van der Waals surface area contributed by atoms with Gasteiger partial charge in [0, 0.05) is 12.4 Å². The summed E-state index contributed by atoms with van der Waals surface area (Å²) in [5, 5.41) is 3.09. The van der Waals surface area contributed by atoms with Gasteiger partial charge in [-0.2, -0.15) is 0 Å². The minimum atomic E-state index is 0.745. The number of hydrogen-bond donors (Lipinski definition) is 1. The summed E-state index contributed by atoms with van der Waals surface area (Å²) in [5.74, 6) is 0.771. The zero-order valence-electron chi connectivity index (χ0n) is 8.22. The lowest BCUT2D eigenvalue weighted by Crippen LogP contribution is -2.00. The smallest absolute Gasteiger partial charge is 0.130 e. The minimum Gasteiger partial charge on any atom is -0.339 e. The third kappa shape index (κ3) is 2.40. The maximum Gasteiger partial charge on any atom is 0.130 e. The molecule has 0 atom stereocenters. The second kappa shape index (κ2) is 4.37. The molecule has 0 radical (unpaired) electrons. The first-order chi connectivity index (χ1) is 7.36. The molecule has 1 N–H and O–H groups in total. The Hall–Kier alpha value is -2.16. The molecular formula is C12H11N3. The van der Waals surface area contributed by atoms with Crippen molar-refractivity contribution in [2.24, 2.45) is 0 Å². The Balaban J connectivity index is 2.12. The number of pyridine rings is 2. The van der Waals surface area contributed by atoms with E-state index in [4.69, 9.17) is 0 Å². The summed E-state index contributed by atoms with van der Waals surface area (Å²) in [6.07, 6.45) is 3.47. The maximum atomic E-state index is 4.19. The summed E-state index contributed by atoms with van der Waals surface area (Å²) >= 11 is 0. The van der Waals surface area contributed by atoms with Crippen molar-refractivity contribution in [3.63, 3.8) is 0 Å². The molecule has 0 unspecified atom stereocenters. The predicted molar refractivity (Wildman–Crippen MR) is 61.1 cm³/mol. The molecule has 0 aliphatic heterocycles. The van der Waals surface area contributed by atoms with E-state index in [1.807, 2.05) is 36.4 Å². The van der Waals surface area contributed by atoms with Gasteiger partial charge in [0.15, 0.2) is 0 Å². The summed E-state index contributed by atoms with van der Waals surface area (Å²) in [4.78, 5) is 8.33. The molecule has 0 saturated carbocycles. The SMILES string of the molecule is C=C(Nc1ccccn1)c1ccccn1. The van der Waals surface area contributed by atoms with Gasteiger partial charge in [0.2, 0.25) is 0 Å². The molecule has 3 heteroatoms. The molecule has 0 aromatic carbocycles. The highest BCUT2D eigenvalue weighted by Crippen LogP contribution is 2.11. The van der Waals surface area contributed by atoms with E-state index in [0.29, 0.717) is 0 Å². The summed E-state index contributed by atoms with van der Waals surface area (Å²) < 4.78 is 0. The molecule has 74 valence electrons. The molecule has 2 aromatic rings. The maximum absolute atomic E-state index is 4.19. The van der Waals surface area contributed by atoms with Crippen LogP contribution in [0.2, 0.25) is 0 Å². The van der Waals surface area contributed by atoms with E-state index >= 15 is 0 Å². The van der Waals surface area contributed by atoms with Crippen LogP contribution in [0.3, 0.4) is 0 Å². The third-order valence-electron chi connectivity index (χ3n) is 1.92. The van der Waals surface area contributed by atoms with Crippen LogP contribution >= 0.6 is 0 Å². The Bertz CT molecular complexity index is 437. The Morgan fingerprint density at radius 1 is 1.00 bits per heavy atom. The second-order valence-electron chi connectivity index (χ2n) is 3.03. The van der Waals surface area contributed by atoms with Crippen LogP contribution in [0.1, 0.15) is 5.69 Å². The Labute approximate surface area is 88.5 Å². The fraction of sp³-hybridized carbons (Fsp3) is 0. The van der Waals surface area contributed by atoms with Crippen LogP contribution in [0.4, 0.5) is 5.82 Å². The molecule has 15 heavy (non-hydrogen) atoms. The average Bonchev–Trinajstić information content (AvgIpc) is 2.31. The van der Waals surface area contributed by atoms with Crippen molar-refractivity contribution in [3.8, 4) is 0 Å². The zero-order chi connectivity index (χ0) is 10.5.